The summed E-state index contributed by atoms with van der Waals surface area (Å²) in [4.78, 5) is 0. The standard InChI is InChI=1S/C14H15FO2/c1-8-4-12(15)5-9(2)13(8)14(16)11-6-10(3)17-7-11/h4-7,14,16H,1-3H3. The van der Waals surface area contributed by atoms with Crippen LogP contribution in [0.15, 0.2) is 28.9 Å². The van der Waals surface area contributed by atoms with E-state index in [2.05, 4.69) is 0 Å². The number of aryl methyl sites for hydroxylation is 3. The van der Waals surface area contributed by atoms with Crippen LogP contribution >= 0.6 is 0 Å². The first kappa shape index (κ1) is 11.9. The van der Waals surface area contributed by atoms with Crippen molar-refractivity contribution in [2.24, 2.45) is 0 Å². The third-order valence-electron chi connectivity index (χ3n) is 2.90. The monoisotopic (exact) mass is 234 g/mol. The van der Waals surface area contributed by atoms with Crippen molar-refractivity contribution in [1.82, 2.24) is 0 Å². The van der Waals surface area contributed by atoms with Crippen LogP contribution in [0, 0.1) is 26.6 Å². The summed E-state index contributed by atoms with van der Waals surface area (Å²) in [6.07, 6.45) is 0.760. The molecule has 0 spiro atoms. The minimum atomic E-state index is -0.770. The molecule has 1 aromatic heterocycles. The lowest BCUT2D eigenvalue weighted by molar-refractivity contribution is 0.217. The van der Waals surface area contributed by atoms with Gasteiger partial charge in [0.15, 0.2) is 0 Å². The number of aliphatic hydroxyl groups excluding tert-OH is 1. The summed E-state index contributed by atoms with van der Waals surface area (Å²) < 4.78 is 18.4. The number of rotatable bonds is 2. The Morgan fingerprint density at radius 2 is 1.71 bits per heavy atom. The summed E-state index contributed by atoms with van der Waals surface area (Å²) in [5.41, 5.74) is 2.93. The van der Waals surface area contributed by atoms with E-state index in [4.69, 9.17) is 4.42 Å². The number of aliphatic hydroxyl groups is 1. The molecule has 0 bridgehead atoms. The predicted molar refractivity (Wildman–Crippen MR) is 63.4 cm³/mol. The molecule has 1 unspecified atom stereocenters. The van der Waals surface area contributed by atoms with E-state index in [0.29, 0.717) is 5.56 Å². The fourth-order valence-corrected chi connectivity index (χ4v) is 2.13. The zero-order chi connectivity index (χ0) is 12.6. The van der Waals surface area contributed by atoms with Crippen LogP contribution in [0.4, 0.5) is 4.39 Å². The van der Waals surface area contributed by atoms with Crippen molar-refractivity contribution in [2.45, 2.75) is 26.9 Å². The highest BCUT2D eigenvalue weighted by atomic mass is 19.1. The average Bonchev–Trinajstić information content (AvgIpc) is 2.63. The van der Waals surface area contributed by atoms with E-state index >= 15 is 0 Å². The van der Waals surface area contributed by atoms with E-state index in [0.717, 1.165) is 22.5 Å². The van der Waals surface area contributed by atoms with Crippen LogP contribution in [0.3, 0.4) is 0 Å². The smallest absolute Gasteiger partial charge is 0.123 e. The third-order valence-corrected chi connectivity index (χ3v) is 2.90. The molecule has 0 aliphatic carbocycles. The van der Waals surface area contributed by atoms with Crippen LogP contribution in [-0.4, -0.2) is 5.11 Å². The van der Waals surface area contributed by atoms with Crippen molar-refractivity contribution in [2.75, 3.05) is 0 Å². The average molecular weight is 234 g/mol. The lowest BCUT2D eigenvalue weighted by Gasteiger charge is -2.15. The lowest BCUT2D eigenvalue weighted by Crippen LogP contribution is -2.04. The molecule has 0 radical (unpaired) electrons. The van der Waals surface area contributed by atoms with E-state index < -0.39 is 6.10 Å². The second kappa shape index (κ2) is 4.34. The molecule has 2 rings (SSSR count). The van der Waals surface area contributed by atoms with Gasteiger partial charge in [-0.2, -0.15) is 0 Å². The quantitative estimate of drug-likeness (QED) is 0.863. The molecule has 0 saturated carbocycles. The van der Waals surface area contributed by atoms with Gasteiger partial charge >= 0.3 is 0 Å². The van der Waals surface area contributed by atoms with Gasteiger partial charge in [-0.1, -0.05) is 0 Å². The number of hydrogen-bond donors (Lipinski definition) is 1. The maximum Gasteiger partial charge on any atom is 0.123 e. The summed E-state index contributed by atoms with van der Waals surface area (Å²) >= 11 is 0. The molecule has 1 N–H and O–H groups in total. The summed E-state index contributed by atoms with van der Waals surface area (Å²) in [6.45, 7) is 5.41. The van der Waals surface area contributed by atoms with Crippen molar-refractivity contribution < 1.29 is 13.9 Å². The van der Waals surface area contributed by atoms with Crippen LogP contribution in [-0.2, 0) is 0 Å². The molecule has 17 heavy (non-hydrogen) atoms. The molecule has 0 fully saturated rings. The fourth-order valence-electron chi connectivity index (χ4n) is 2.13. The van der Waals surface area contributed by atoms with Crippen LogP contribution < -0.4 is 0 Å². The van der Waals surface area contributed by atoms with Crippen LogP contribution in [0.25, 0.3) is 0 Å². The van der Waals surface area contributed by atoms with Crippen molar-refractivity contribution in [3.8, 4) is 0 Å². The Bertz CT molecular complexity index is 520. The minimum absolute atomic E-state index is 0.278. The zero-order valence-electron chi connectivity index (χ0n) is 10.1. The Balaban J connectivity index is 2.47. The van der Waals surface area contributed by atoms with Gasteiger partial charge in [-0.3, -0.25) is 0 Å². The first-order chi connectivity index (χ1) is 7.99. The molecular weight excluding hydrogens is 219 g/mol. The second-order valence-corrected chi connectivity index (χ2v) is 4.35. The highest BCUT2D eigenvalue weighted by molar-refractivity contribution is 5.40. The Morgan fingerprint density at radius 3 is 2.18 bits per heavy atom. The Morgan fingerprint density at radius 1 is 1.12 bits per heavy atom. The van der Waals surface area contributed by atoms with E-state index in [1.165, 1.54) is 18.4 Å². The molecule has 1 atom stereocenters. The highest BCUT2D eigenvalue weighted by Crippen LogP contribution is 2.29. The van der Waals surface area contributed by atoms with Gasteiger partial charge in [-0.15, -0.1) is 0 Å². The summed E-state index contributed by atoms with van der Waals surface area (Å²) in [5, 5.41) is 10.3. The summed E-state index contributed by atoms with van der Waals surface area (Å²) in [5.74, 6) is 0.468. The molecule has 3 heteroatoms. The van der Waals surface area contributed by atoms with Crippen molar-refractivity contribution in [3.05, 3.63) is 58.3 Å². The van der Waals surface area contributed by atoms with Gasteiger partial charge in [0, 0.05) is 5.56 Å². The lowest BCUT2D eigenvalue weighted by atomic mass is 9.94. The number of benzene rings is 1. The summed E-state index contributed by atoms with van der Waals surface area (Å²) in [6, 6.07) is 4.64. The molecule has 0 aliphatic heterocycles. The Kier molecular flexibility index (Phi) is 3.03. The van der Waals surface area contributed by atoms with Gasteiger partial charge in [-0.25, -0.2) is 4.39 Å². The van der Waals surface area contributed by atoms with E-state index in [1.807, 2.05) is 6.92 Å². The third kappa shape index (κ3) is 2.24. The maximum atomic E-state index is 13.2. The molecule has 2 nitrogen and oxygen atoms in total. The van der Waals surface area contributed by atoms with E-state index in [-0.39, 0.29) is 5.82 Å². The van der Waals surface area contributed by atoms with Gasteiger partial charge in [0.2, 0.25) is 0 Å². The molecule has 0 aliphatic rings. The van der Waals surface area contributed by atoms with E-state index in [9.17, 15) is 9.50 Å². The first-order valence-electron chi connectivity index (χ1n) is 5.49. The van der Waals surface area contributed by atoms with Crippen molar-refractivity contribution >= 4 is 0 Å². The Hall–Kier alpha value is -1.61. The number of halogens is 1. The SMILES string of the molecule is Cc1cc(C(O)c2c(C)cc(F)cc2C)co1. The largest absolute Gasteiger partial charge is 0.469 e. The van der Waals surface area contributed by atoms with Gasteiger partial charge < -0.3 is 9.52 Å². The predicted octanol–water partition coefficient (Wildman–Crippen LogP) is 3.43. The fraction of sp³-hybridized carbons (Fsp3) is 0.286. The maximum absolute atomic E-state index is 13.2. The normalized spacial score (nSPS) is 12.8. The molecule has 1 heterocycles. The topological polar surface area (TPSA) is 33.4 Å². The highest BCUT2D eigenvalue weighted by Gasteiger charge is 2.17. The summed E-state index contributed by atoms with van der Waals surface area (Å²) in [7, 11) is 0. The zero-order valence-corrected chi connectivity index (χ0v) is 10.1. The molecule has 2 aromatic rings. The molecule has 0 amide bonds. The number of furan rings is 1. The van der Waals surface area contributed by atoms with Crippen LogP contribution in [0.5, 0.6) is 0 Å². The van der Waals surface area contributed by atoms with Gasteiger partial charge in [0.25, 0.3) is 0 Å². The van der Waals surface area contributed by atoms with E-state index in [1.54, 1.807) is 19.9 Å². The van der Waals surface area contributed by atoms with Gasteiger partial charge in [-0.05, 0) is 55.7 Å². The van der Waals surface area contributed by atoms with Crippen molar-refractivity contribution in [3.63, 3.8) is 0 Å². The number of hydrogen-bond acceptors (Lipinski definition) is 2. The first-order valence-corrected chi connectivity index (χ1v) is 5.49. The Labute approximate surface area is 99.7 Å². The molecule has 1 aromatic carbocycles. The molecule has 90 valence electrons. The van der Waals surface area contributed by atoms with Crippen molar-refractivity contribution in [1.29, 1.82) is 0 Å². The van der Waals surface area contributed by atoms with Gasteiger partial charge in [0.1, 0.15) is 17.7 Å². The van der Waals surface area contributed by atoms with Crippen LogP contribution in [0.1, 0.15) is 34.1 Å². The van der Waals surface area contributed by atoms with Crippen LogP contribution in [0.2, 0.25) is 0 Å². The molecular formula is C14H15FO2. The minimum Gasteiger partial charge on any atom is -0.469 e. The van der Waals surface area contributed by atoms with Gasteiger partial charge in [0.05, 0.1) is 6.26 Å². The second-order valence-electron chi connectivity index (χ2n) is 4.35. The molecule has 0 saturated heterocycles.